The highest BCUT2D eigenvalue weighted by Gasteiger charge is 2.13. The van der Waals surface area contributed by atoms with E-state index in [1.54, 1.807) is 6.07 Å². The number of aliphatic hydroxyl groups is 1. The molecule has 5 N–H and O–H groups in total. The molecule has 196 valence electrons. The van der Waals surface area contributed by atoms with E-state index in [1.807, 2.05) is 0 Å². The molecule has 0 aliphatic carbocycles. The van der Waals surface area contributed by atoms with E-state index in [4.69, 9.17) is 28.4 Å². The van der Waals surface area contributed by atoms with Crippen molar-refractivity contribution in [1.29, 1.82) is 0 Å². The minimum Gasteiger partial charge on any atom is -0.469 e. The number of nitrogen functional groups attached to an aromatic ring is 1. The molecule has 2 rings (SSSR count). The Morgan fingerprint density at radius 1 is 0.943 bits per heavy atom. The molecule has 35 heavy (non-hydrogen) atoms. The molecule has 0 amide bonds. The van der Waals surface area contributed by atoms with E-state index >= 15 is 0 Å². The number of hydrogen-bond donors (Lipinski definition) is 4. The number of hydrogen-bond acceptors (Lipinski definition) is 10. The van der Waals surface area contributed by atoms with Crippen molar-refractivity contribution < 1.29 is 55.4 Å². The average Bonchev–Trinajstić information content (AvgIpc) is 2.77. The maximum atomic E-state index is 13.2. The van der Waals surface area contributed by atoms with Crippen LogP contribution < -0.4 is 5.73 Å². The number of carbonyl (C=O) groups excluding carboxylic acids is 2. The van der Waals surface area contributed by atoms with Crippen molar-refractivity contribution in [1.82, 2.24) is 0 Å². The number of aliphatic hydroxyl groups excluding tert-OH is 1. The zero-order valence-electron chi connectivity index (χ0n) is 18.7. The third kappa shape index (κ3) is 16.5. The summed E-state index contributed by atoms with van der Waals surface area (Å²) in [6.07, 6.45) is -0.303. The van der Waals surface area contributed by atoms with Crippen LogP contribution in [0.25, 0.3) is 0 Å². The summed E-state index contributed by atoms with van der Waals surface area (Å²) in [6, 6.07) is 7.31. The van der Waals surface area contributed by atoms with Crippen molar-refractivity contribution in [3.05, 3.63) is 69.3 Å². The Labute approximate surface area is 198 Å². The predicted octanol–water partition coefficient (Wildman–Crippen LogP) is 1.53. The van der Waals surface area contributed by atoms with E-state index in [1.165, 1.54) is 32.4 Å². The molecule has 2 aromatic carbocycles. The van der Waals surface area contributed by atoms with Crippen LogP contribution in [0.15, 0.2) is 36.4 Å². The molecule has 0 radical (unpaired) electrons. The zero-order valence-corrected chi connectivity index (χ0v) is 19.5. The molecule has 0 aromatic heterocycles. The number of nitrogens with zero attached hydrogens (tertiary/aromatic N) is 1. The Bertz CT molecular complexity index is 1090. The number of nitrogens with two attached hydrogens (primary N) is 1. The number of halogens is 2. The van der Waals surface area contributed by atoms with Crippen molar-refractivity contribution in [2.45, 2.75) is 12.8 Å². The number of nitro benzene ring substituents is 1. The van der Waals surface area contributed by atoms with Gasteiger partial charge in [0.25, 0.3) is 5.69 Å². The van der Waals surface area contributed by atoms with Crippen molar-refractivity contribution in [3.63, 3.8) is 0 Å². The first-order valence-electron chi connectivity index (χ1n) is 8.92. The molecular weight excluding hydrogens is 502 g/mol. The van der Waals surface area contributed by atoms with Crippen LogP contribution in [-0.4, -0.2) is 60.8 Å². The summed E-state index contributed by atoms with van der Waals surface area (Å²) < 4.78 is 66.6. The number of carbonyl (C=O) groups is 2. The number of non-ortho nitro benzene ring substituents is 1. The van der Waals surface area contributed by atoms with Gasteiger partial charge in [-0.1, -0.05) is 6.07 Å². The minimum atomic E-state index is -4.67. The number of methoxy groups -OCH3 is 2. The Hall–Kier alpha value is -3.73. The van der Waals surface area contributed by atoms with Gasteiger partial charge in [0, 0.05) is 18.9 Å². The molecule has 16 heteroatoms. The van der Waals surface area contributed by atoms with Gasteiger partial charge in [0.05, 0.1) is 38.1 Å². The van der Waals surface area contributed by atoms with Gasteiger partial charge in [-0.2, -0.15) is 8.42 Å². The molecule has 0 atom stereocenters. The normalized spacial score (nSPS) is 9.60. The summed E-state index contributed by atoms with van der Waals surface area (Å²) in [4.78, 5) is 31.2. The lowest BCUT2D eigenvalue weighted by molar-refractivity contribution is -0.385. The van der Waals surface area contributed by atoms with Crippen LogP contribution in [0.4, 0.5) is 20.2 Å². The minimum absolute atomic E-state index is 0.0669. The molecule has 0 saturated carbocycles. The highest BCUT2D eigenvalue weighted by Crippen LogP contribution is 2.17. The second-order valence-corrected chi connectivity index (χ2v) is 6.73. The monoisotopic (exact) mass is 526 g/mol. The number of rotatable bonds is 5. The highest BCUT2D eigenvalue weighted by molar-refractivity contribution is 7.79. The first-order valence-corrected chi connectivity index (χ1v) is 10.3. The summed E-state index contributed by atoms with van der Waals surface area (Å²) in [6.45, 7) is 0. The van der Waals surface area contributed by atoms with E-state index < -0.39 is 38.9 Å². The summed E-state index contributed by atoms with van der Waals surface area (Å²) in [5.41, 5.74) is 5.70. The number of nitro groups is 1. The van der Waals surface area contributed by atoms with Gasteiger partial charge in [0.15, 0.2) is 0 Å². The molecule has 0 bridgehead atoms. The number of benzene rings is 2. The first kappa shape index (κ1) is 33.4. The number of anilines is 1. The molecule has 0 saturated heterocycles. The molecule has 0 unspecified atom stereocenters. The fourth-order valence-corrected chi connectivity index (χ4v) is 1.96. The average molecular weight is 526 g/mol. The van der Waals surface area contributed by atoms with E-state index in [9.17, 15) is 28.5 Å². The molecule has 0 aliphatic heterocycles. The van der Waals surface area contributed by atoms with Crippen LogP contribution in [-0.2, 0) is 42.3 Å². The van der Waals surface area contributed by atoms with Crippen molar-refractivity contribution in [3.8, 4) is 0 Å². The van der Waals surface area contributed by atoms with Gasteiger partial charge in [-0.25, -0.2) is 8.78 Å². The standard InChI is InChI=1S/C9H8FNO4.C9H10FNO2.CH4O.H2O4S/c1-15-9(12)4-6-2-3-7(11(13)14)5-8(6)10;1-13-9(12)4-6-2-3-7(11)5-8(6)10;1-2;1-5(2,3)4/h2-3,5H,4H2,1H3;2-3,5H,4,11H2,1H3;2H,1H3;(H2,1,2,3,4). The van der Waals surface area contributed by atoms with Gasteiger partial charge in [-0.3, -0.25) is 28.8 Å². The maximum Gasteiger partial charge on any atom is 0.394 e. The van der Waals surface area contributed by atoms with Crippen LogP contribution >= 0.6 is 0 Å². The number of esters is 2. The molecule has 0 spiro atoms. The lowest BCUT2D eigenvalue weighted by atomic mass is 10.1. The maximum absolute atomic E-state index is 13.2. The summed E-state index contributed by atoms with van der Waals surface area (Å²) in [5.74, 6) is -2.33. The Morgan fingerprint density at radius 3 is 1.63 bits per heavy atom. The van der Waals surface area contributed by atoms with Gasteiger partial charge in [-0.15, -0.1) is 0 Å². The van der Waals surface area contributed by atoms with Crippen LogP contribution in [0, 0.1) is 21.7 Å². The van der Waals surface area contributed by atoms with Crippen molar-refractivity contribution >= 4 is 33.7 Å². The SMILES string of the molecule is CO.COC(=O)Cc1ccc(N)cc1F.COC(=O)Cc1ccc([N+](=O)[O-])cc1F.O=S(=O)(O)O. The third-order valence-electron chi connectivity index (χ3n) is 3.45. The highest BCUT2D eigenvalue weighted by atomic mass is 32.3. The fourth-order valence-electron chi connectivity index (χ4n) is 1.96. The van der Waals surface area contributed by atoms with Crippen LogP contribution in [0.2, 0.25) is 0 Å². The van der Waals surface area contributed by atoms with Gasteiger partial charge in [-0.05, 0) is 29.3 Å². The molecular formula is C19H24F2N2O11S. The second-order valence-electron chi connectivity index (χ2n) is 5.84. The largest absolute Gasteiger partial charge is 0.469 e. The van der Waals surface area contributed by atoms with Crippen LogP contribution in [0.5, 0.6) is 0 Å². The van der Waals surface area contributed by atoms with Crippen LogP contribution in [0.3, 0.4) is 0 Å². The quantitative estimate of drug-likeness (QED) is 0.143. The Balaban J connectivity index is 0. The van der Waals surface area contributed by atoms with Gasteiger partial charge >= 0.3 is 22.3 Å². The van der Waals surface area contributed by atoms with Crippen molar-refractivity contribution in [2.75, 3.05) is 27.1 Å². The van der Waals surface area contributed by atoms with Gasteiger partial charge in [0.1, 0.15) is 11.6 Å². The van der Waals surface area contributed by atoms with Gasteiger partial charge in [0.2, 0.25) is 0 Å². The van der Waals surface area contributed by atoms with Crippen LogP contribution in [0.1, 0.15) is 11.1 Å². The molecule has 13 nitrogen and oxygen atoms in total. The number of ether oxygens (including phenoxy) is 2. The van der Waals surface area contributed by atoms with Gasteiger partial charge < -0.3 is 20.3 Å². The van der Waals surface area contributed by atoms with E-state index in [-0.39, 0.29) is 24.1 Å². The summed E-state index contributed by atoms with van der Waals surface area (Å²) in [5, 5.41) is 17.3. The first-order chi connectivity index (χ1) is 16.2. The molecule has 2 aromatic rings. The lowest BCUT2D eigenvalue weighted by Gasteiger charge is -2.02. The lowest BCUT2D eigenvalue weighted by Crippen LogP contribution is -2.06. The second kappa shape index (κ2) is 16.8. The summed E-state index contributed by atoms with van der Waals surface area (Å²) in [7, 11) is -1.22. The fraction of sp³-hybridized carbons (Fsp3) is 0.263. The van der Waals surface area contributed by atoms with E-state index in [0.717, 1.165) is 19.2 Å². The van der Waals surface area contributed by atoms with Crippen molar-refractivity contribution in [2.24, 2.45) is 0 Å². The predicted molar refractivity (Wildman–Crippen MR) is 118 cm³/mol. The molecule has 0 fully saturated rings. The van der Waals surface area contributed by atoms with E-state index in [0.29, 0.717) is 11.3 Å². The zero-order chi connectivity index (χ0) is 27.8. The Kier molecular flexibility index (Phi) is 16.1. The third-order valence-corrected chi connectivity index (χ3v) is 3.45. The topological polar surface area (TPSA) is 217 Å². The summed E-state index contributed by atoms with van der Waals surface area (Å²) >= 11 is 0. The molecule has 0 heterocycles. The van der Waals surface area contributed by atoms with E-state index in [2.05, 4.69) is 9.47 Å². The Morgan fingerprint density at radius 2 is 1.31 bits per heavy atom. The smallest absolute Gasteiger partial charge is 0.394 e. The molecule has 0 aliphatic rings.